The third-order valence-corrected chi connectivity index (χ3v) is 2.80. The summed E-state index contributed by atoms with van der Waals surface area (Å²) in [5, 5.41) is 0.587. The number of fused-ring (bicyclic) bond motifs is 1. The summed E-state index contributed by atoms with van der Waals surface area (Å²) in [7, 11) is 0. The van der Waals surface area contributed by atoms with Crippen LogP contribution in [0.2, 0.25) is 5.02 Å². The van der Waals surface area contributed by atoms with Crippen molar-refractivity contribution in [2.45, 2.75) is 12.8 Å². The number of carbonyl (C=O) groups is 1. The molecule has 0 unspecified atom stereocenters. The molecule has 1 aromatic rings. The van der Waals surface area contributed by atoms with Gasteiger partial charge in [0.25, 0.3) is 5.91 Å². The van der Waals surface area contributed by atoms with E-state index in [2.05, 4.69) is 5.92 Å². The van der Waals surface area contributed by atoms with E-state index in [9.17, 15) is 4.79 Å². The normalized spacial score (nSPS) is 13.9. The van der Waals surface area contributed by atoms with Gasteiger partial charge in [0.15, 0.2) is 6.61 Å². The van der Waals surface area contributed by atoms with Crippen LogP contribution in [0.4, 0.5) is 5.69 Å². The van der Waals surface area contributed by atoms with E-state index in [1.54, 1.807) is 23.1 Å². The van der Waals surface area contributed by atoms with E-state index in [4.69, 9.17) is 22.8 Å². The van der Waals surface area contributed by atoms with E-state index in [0.717, 1.165) is 12.1 Å². The van der Waals surface area contributed by atoms with Crippen molar-refractivity contribution < 1.29 is 9.53 Å². The number of terminal acetylenes is 1. The SMILES string of the molecule is C#CCCCN1C(=O)COc2ccc(Cl)cc21. The molecular weight excluding hydrogens is 238 g/mol. The number of carbonyl (C=O) groups excluding carboxylic acids is 1. The number of ether oxygens (including phenoxy) is 1. The molecule has 4 heteroatoms. The highest BCUT2D eigenvalue weighted by Crippen LogP contribution is 2.34. The van der Waals surface area contributed by atoms with Gasteiger partial charge in [-0.3, -0.25) is 4.79 Å². The summed E-state index contributed by atoms with van der Waals surface area (Å²) < 4.78 is 5.34. The number of anilines is 1. The molecule has 0 radical (unpaired) electrons. The fourth-order valence-corrected chi connectivity index (χ4v) is 1.93. The van der Waals surface area contributed by atoms with Crippen LogP contribution >= 0.6 is 11.6 Å². The molecule has 0 saturated heterocycles. The third kappa shape index (κ3) is 2.54. The molecule has 0 fully saturated rings. The Morgan fingerprint density at radius 1 is 1.53 bits per heavy atom. The number of rotatable bonds is 3. The predicted octanol–water partition coefficient (Wildman–Crippen LogP) is 2.48. The Kier molecular flexibility index (Phi) is 3.55. The zero-order chi connectivity index (χ0) is 12.3. The summed E-state index contributed by atoms with van der Waals surface area (Å²) in [6.07, 6.45) is 6.62. The van der Waals surface area contributed by atoms with Gasteiger partial charge < -0.3 is 9.64 Å². The van der Waals surface area contributed by atoms with Gasteiger partial charge in [0.05, 0.1) is 5.69 Å². The molecule has 0 aliphatic carbocycles. The first-order chi connectivity index (χ1) is 8.22. The Hall–Kier alpha value is -1.66. The summed E-state index contributed by atoms with van der Waals surface area (Å²) in [5.74, 6) is 3.19. The minimum Gasteiger partial charge on any atom is -0.482 e. The standard InChI is InChI=1S/C13H12ClNO2/c1-2-3-4-7-15-11-8-10(14)5-6-12(11)17-9-13(15)16/h1,5-6,8H,3-4,7,9H2. The average molecular weight is 250 g/mol. The second-order valence-corrected chi connectivity index (χ2v) is 4.19. The number of hydrogen-bond donors (Lipinski definition) is 0. The second-order valence-electron chi connectivity index (χ2n) is 3.75. The first-order valence-corrected chi connectivity index (χ1v) is 5.76. The van der Waals surface area contributed by atoms with Gasteiger partial charge in [0.2, 0.25) is 0 Å². The molecule has 1 aliphatic rings. The Balaban J connectivity index is 2.23. The minimum atomic E-state index is -0.0585. The van der Waals surface area contributed by atoms with E-state index in [-0.39, 0.29) is 12.5 Å². The first-order valence-electron chi connectivity index (χ1n) is 5.38. The Morgan fingerprint density at radius 3 is 3.12 bits per heavy atom. The summed E-state index contributed by atoms with van der Waals surface area (Å²) in [4.78, 5) is 13.5. The van der Waals surface area contributed by atoms with Crippen LogP contribution in [-0.2, 0) is 4.79 Å². The highest BCUT2D eigenvalue weighted by molar-refractivity contribution is 6.31. The second kappa shape index (κ2) is 5.11. The van der Waals surface area contributed by atoms with E-state index in [1.807, 2.05) is 0 Å². The van der Waals surface area contributed by atoms with Crippen LogP contribution in [0.1, 0.15) is 12.8 Å². The lowest BCUT2D eigenvalue weighted by atomic mass is 10.2. The molecule has 0 bridgehead atoms. The van der Waals surface area contributed by atoms with Crippen LogP contribution in [0.3, 0.4) is 0 Å². The van der Waals surface area contributed by atoms with Gasteiger partial charge in [-0.15, -0.1) is 12.3 Å². The fourth-order valence-electron chi connectivity index (χ4n) is 1.76. The van der Waals surface area contributed by atoms with Crippen molar-refractivity contribution in [2.75, 3.05) is 18.1 Å². The van der Waals surface area contributed by atoms with Gasteiger partial charge in [0.1, 0.15) is 5.75 Å². The van der Waals surface area contributed by atoms with Crippen molar-refractivity contribution in [1.82, 2.24) is 0 Å². The molecule has 17 heavy (non-hydrogen) atoms. The van der Waals surface area contributed by atoms with Crippen molar-refractivity contribution >= 4 is 23.2 Å². The smallest absolute Gasteiger partial charge is 0.265 e. The zero-order valence-corrected chi connectivity index (χ0v) is 10.0. The van der Waals surface area contributed by atoms with Crippen molar-refractivity contribution in [3.8, 4) is 18.1 Å². The molecule has 0 spiro atoms. The van der Waals surface area contributed by atoms with Crippen LogP contribution < -0.4 is 9.64 Å². The van der Waals surface area contributed by atoms with Gasteiger partial charge in [-0.2, -0.15) is 0 Å². The van der Waals surface area contributed by atoms with Gasteiger partial charge >= 0.3 is 0 Å². The van der Waals surface area contributed by atoms with Crippen molar-refractivity contribution in [1.29, 1.82) is 0 Å². The fraction of sp³-hybridized carbons (Fsp3) is 0.308. The van der Waals surface area contributed by atoms with Crippen molar-refractivity contribution in [3.05, 3.63) is 23.2 Å². The third-order valence-electron chi connectivity index (χ3n) is 2.57. The number of unbranched alkanes of at least 4 members (excludes halogenated alkanes) is 1. The average Bonchev–Trinajstić information content (AvgIpc) is 2.32. The Bertz CT molecular complexity index is 479. The summed E-state index contributed by atoms with van der Waals surface area (Å²) >= 11 is 5.93. The number of benzene rings is 1. The molecule has 0 N–H and O–H groups in total. The van der Waals surface area contributed by atoms with Gasteiger partial charge in [-0.25, -0.2) is 0 Å². The molecular formula is C13H12ClNO2. The number of nitrogens with zero attached hydrogens (tertiary/aromatic N) is 1. The summed E-state index contributed by atoms with van der Waals surface area (Å²) in [5.41, 5.74) is 0.728. The lowest BCUT2D eigenvalue weighted by Gasteiger charge is -2.29. The number of halogens is 1. The molecule has 2 rings (SSSR count). The molecule has 0 saturated carbocycles. The van der Waals surface area contributed by atoms with E-state index in [0.29, 0.717) is 23.7 Å². The molecule has 3 nitrogen and oxygen atoms in total. The lowest BCUT2D eigenvalue weighted by molar-refractivity contribution is -0.121. The van der Waals surface area contributed by atoms with E-state index < -0.39 is 0 Å². The number of amides is 1. The molecule has 1 heterocycles. The highest BCUT2D eigenvalue weighted by Gasteiger charge is 2.24. The van der Waals surface area contributed by atoms with E-state index in [1.165, 1.54) is 0 Å². The van der Waals surface area contributed by atoms with Gasteiger partial charge in [-0.1, -0.05) is 11.6 Å². The monoisotopic (exact) mass is 249 g/mol. The Morgan fingerprint density at radius 2 is 2.35 bits per heavy atom. The molecule has 1 aliphatic heterocycles. The summed E-state index contributed by atoms with van der Waals surface area (Å²) in [6, 6.07) is 5.26. The maximum absolute atomic E-state index is 11.8. The quantitative estimate of drug-likeness (QED) is 0.608. The molecule has 1 aromatic carbocycles. The highest BCUT2D eigenvalue weighted by atomic mass is 35.5. The Labute approximate surface area is 105 Å². The largest absolute Gasteiger partial charge is 0.482 e. The predicted molar refractivity (Wildman–Crippen MR) is 67.4 cm³/mol. The number of hydrogen-bond acceptors (Lipinski definition) is 2. The molecule has 0 aromatic heterocycles. The topological polar surface area (TPSA) is 29.5 Å². The summed E-state index contributed by atoms with van der Waals surface area (Å²) in [6.45, 7) is 0.671. The molecule has 1 amide bonds. The van der Waals surface area contributed by atoms with Crippen LogP contribution in [0.5, 0.6) is 5.75 Å². The molecule has 0 atom stereocenters. The van der Waals surface area contributed by atoms with Crippen LogP contribution in [0.25, 0.3) is 0 Å². The van der Waals surface area contributed by atoms with Gasteiger partial charge in [-0.05, 0) is 24.6 Å². The van der Waals surface area contributed by atoms with Crippen LogP contribution in [0, 0.1) is 12.3 Å². The van der Waals surface area contributed by atoms with E-state index >= 15 is 0 Å². The van der Waals surface area contributed by atoms with Gasteiger partial charge in [0, 0.05) is 18.0 Å². The first kappa shape index (κ1) is 11.8. The lowest BCUT2D eigenvalue weighted by Crippen LogP contribution is -2.39. The minimum absolute atomic E-state index is 0.0585. The maximum atomic E-state index is 11.8. The molecule has 88 valence electrons. The van der Waals surface area contributed by atoms with Crippen molar-refractivity contribution in [3.63, 3.8) is 0 Å². The van der Waals surface area contributed by atoms with Crippen LogP contribution in [-0.4, -0.2) is 19.1 Å². The maximum Gasteiger partial charge on any atom is 0.265 e. The zero-order valence-electron chi connectivity index (χ0n) is 9.28. The van der Waals surface area contributed by atoms with Crippen molar-refractivity contribution in [2.24, 2.45) is 0 Å². The van der Waals surface area contributed by atoms with Crippen LogP contribution in [0.15, 0.2) is 18.2 Å².